The van der Waals surface area contributed by atoms with Crippen LogP contribution in [0, 0.1) is 0 Å². The fourth-order valence-electron chi connectivity index (χ4n) is 1.46. The Labute approximate surface area is 89.5 Å². The molecule has 15 heavy (non-hydrogen) atoms. The lowest BCUT2D eigenvalue weighted by atomic mass is 10.2. The minimum atomic E-state index is -2.86. The fraction of sp³-hybridized carbons (Fsp3) is 0.875. The Morgan fingerprint density at radius 2 is 1.93 bits per heavy atom. The van der Waals surface area contributed by atoms with Gasteiger partial charge in [0.05, 0.1) is 11.5 Å². The molecule has 88 valence electrons. The number of amides is 2. The maximum absolute atomic E-state index is 11.2. The van der Waals surface area contributed by atoms with Crippen LogP contribution in [0.4, 0.5) is 4.79 Å². The zero-order chi connectivity index (χ0) is 11.3. The Balaban J connectivity index is 2.26. The second-order valence-electron chi connectivity index (χ2n) is 3.62. The number of rotatable bonds is 3. The molecule has 1 saturated heterocycles. The molecule has 1 aliphatic rings. The summed E-state index contributed by atoms with van der Waals surface area (Å²) in [5, 5.41) is 5.30. The van der Waals surface area contributed by atoms with E-state index >= 15 is 0 Å². The predicted octanol–water partition coefficient (Wildman–Crippen LogP) is -1.18. The first kappa shape index (κ1) is 12.3. The van der Waals surface area contributed by atoms with Gasteiger partial charge in [-0.2, -0.15) is 0 Å². The van der Waals surface area contributed by atoms with Crippen LogP contribution in [-0.4, -0.2) is 45.1 Å². The van der Waals surface area contributed by atoms with Gasteiger partial charge in [-0.3, -0.25) is 0 Å². The van der Waals surface area contributed by atoms with Gasteiger partial charge in [-0.15, -0.1) is 0 Å². The highest BCUT2D eigenvalue weighted by atomic mass is 32.2. The number of hydrogen-bond acceptors (Lipinski definition) is 4. The summed E-state index contributed by atoms with van der Waals surface area (Å²) >= 11 is 0. The number of nitrogens with two attached hydrogens (primary N) is 1. The van der Waals surface area contributed by atoms with Gasteiger partial charge in [-0.25, -0.2) is 13.2 Å². The lowest BCUT2D eigenvalue weighted by Crippen LogP contribution is -2.46. The number of sulfone groups is 1. The van der Waals surface area contributed by atoms with Crippen molar-refractivity contribution < 1.29 is 13.2 Å². The van der Waals surface area contributed by atoms with Gasteiger partial charge < -0.3 is 16.4 Å². The first-order valence-electron chi connectivity index (χ1n) is 4.98. The van der Waals surface area contributed by atoms with Crippen molar-refractivity contribution in [3.8, 4) is 0 Å². The Kier molecular flexibility index (Phi) is 4.34. The van der Waals surface area contributed by atoms with Crippen molar-refractivity contribution in [1.29, 1.82) is 0 Å². The van der Waals surface area contributed by atoms with E-state index in [4.69, 9.17) is 5.73 Å². The number of urea groups is 1. The average molecular weight is 235 g/mol. The molecule has 0 radical (unpaired) electrons. The molecule has 4 N–H and O–H groups in total. The minimum absolute atomic E-state index is 0.0358. The van der Waals surface area contributed by atoms with E-state index in [2.05, 4.69) is 10.6 Å². The summed E-state index contributed by atoms with van der Waals surface area (Å²) in [4.78, 5) is 11.2. The zero-order valence-corrected chi connectivity index (χ0v) is 9.35. The highest BCUT2D eigenvalue weighted by Gasteiger charge is 2.24. The molecule has 7 heteroatoms. The summed E-state index contributed by atoms with van der Waals surface area (Å²) in [6.07, 6.45) is 0.997. The van der Waals surface area contributed by atoms with Crippen molar-refractivity contribution >= 4 is 15.9 Å². The van der Waals surface area contributed by atoms with Crippen molar-refractivity contribution in [1.82, 2.24) is 10.6 Å². The highest BCUT2D eigenvalue weighted by molar-refractivity contribution is 7.91. The molecule has 0 unspecified atom stereocenters. The molecule has 2 amide bonds. The molecule has 1 heterocycles. The fourth-order valence-corrected chi connectivity index (χ4v) is 2.95. The third-order valence-electron chi connectivity index (χ3n) is 2.32. The molecule has 0 atom stereocenters. The van der Waals surface area contributed by atoms with Crippen molar-refractivity contribution in [3.05, 3.63) is 0 Å². The highest BCUT2D eigenvalue weighted by Crippen LogP contribution is 2.11. The Bertz CT molecular complexity index is 301. The largest absolute Gasteiger partial charge is 0.337 e. The van der Waals surface area contributed by atoms with Crippen LogP contribution >= 0.6 is 0 Å². The molecule has 0 aromatic rings. The molecule has 0 bridgehead atoms. The first-order valence-corrected chi connectivity index (χ1v) is 6.80. The Hall–Kier alpha value is -0.820. The molecule has 0 spiro atoms. The van der Waals surface area contributed by atoms with E-state index in [0.29, 0.717) is 25.9 Å². The third kappa shape index (κ3) is 4.48. The van der Waals surface area contributed by atoms with Crippen LogP contribution in [0.3, 0.4) is 0 Å². The van der Waals surface area contributed by atoms with Gasteiger partial charge in [0.15, 0.2) is 0 Å². The van der Waals surface area contributed by atoms with Crippen LogP contribution in [0.5, 0.6) is 0 Å². The van der Waals surface area contributed by atoms with E-state index in [9.17, 15) is 13.2 Å². The molecule has 0 aliphatic carbocycles. The van der Waals surface area contributed by atoms with Gasteiger partial charge >= 0.3 is 6.03 Å². The van der Waals surface area contributed by atoms with Crippen LogP contribution in [-0.2, 0) is 9.84 Å². The predicted molar refractivity (Wildman–Crippen MR) is 57.3 cm³/mol. The van der Waals surface area contributed by atoms with E-state index in [1.165, 1.54) is 0 Å². The average Bonchev–Trinajstić information content (AvgIpc) is 2.18. The van der Waals surface area contributed by atoms with E-state index in [0.717, 1.165) is 0 Å². The van der Waals surface area contributed by atoms with Crippen LogP contribution < -0.4 is 16.4 Å². The molecule has 1 rings (SSSR count). The monoisotopic (exact) mass is 235 g/mol. The summed E-state index contributed by atoms with van der Waals surface area (Å²) in [6, 6.07) is -0.309. The number of carbonyl (C=O) groups excluding carboxylic acids is 1. The molecule has 1 aliphatic heterocycles. The molecule has 1 fully saturated rings. The SMILES string of the molecule is NCCNC(=O)NC1CCS(=O)(=O)CC1. The summed E-state index contributed by atoms with van der Waals surface area (Å²) in [5.74, 6) is 0.323. The van der Waals surface area contributed by atoms with Crippen molar-refractivity contribution in [2.75, 3.05) is 24.6 Å². The molecule has 0 saturated carbocycles. The van der Waals surface area contributed by atoms with Crippen molar-refractivity contribution in [2.45, 2.75) is 18.9 Å². The van der Waals surface area contributed by atoms with E-state index in [-0.39, 0.29) is 23.6 Å². The summed E-state index contributed by atoms with van der Waals surface area (Å²) in [7, 11) is -2.86. The molecular formula is C8H17N3O3S. The van der Waals surface area contributed by atoms with Gasteiger partial charge in [-0.1, -0.05) is 0 Å². The van der Waals surface area contributed by atoms with Crippen molar-refractivity contribution in [2.24, 2.45) is 5.73 Å². The van der Waals surface area contributed by atoms with Crippen LogP contribution in [0.25, 0.3) is 0 Å². The Morgan fingerprint density at radius 3 is 2.47 bits per heavy atom. The summed E-state index contributed by atoms with van der Waals surface area (Å²) < 4.78 is 22.2. The lowest BCUT2D eigenvalue weighted by Gasteiger charge is -2.23. The van der Waals surface area contributed by atoms with E-state index in [1.54, 1.807) is 0 Å². The summed E-state index contributed by atoms with van der Waals surface area (Å²) in [5.41, 5.74) is 5.22. The lowest BCUT2D eigenvalue weighted by molar-refractivity contribution is 0.236. The van der Waals surface area contributed by atoms with Gasteiger partial charge in [-0.05, 0) is 12.8 Å². The maximum Gasteiger partial charge on any atom is 0.315 e. The van der Waals surface area contributed by atoms with Gasteiger partial charge in [0.1, 0.15) is 9.84 Å². The molecular weight excluding hydrogens is 218 g/mol. The number of hydrogen-bond donors (Lipinski definition) is 3. The maximum atomic E-state index is 11.2. The van der Waals surface area contributed by atoms with Crippen LogP contribution in [0.15, 0.2) is 0 Å². The smallest absolute Gasteiger partial charge is 0.315 e. The minimum Gasteiger partial charge on any atom is -0.337 e. The van der Waals surface area contributed by atoms with Crippen molar-refractivity contribution in [3.63, 3.8) is 0 Å². The normalized spacial score (nSPS) is 20.9. The molecule has 0 aromatic heterocycles. The van der Waals surface area contributed by atoms with E-state index < -0.39 is 9.84 Å². The second kappa shape index (κ2) is 5.32. The van der Waals surface area contributed by atoms with Gasteiger partial charge in [0, 0.05) is 19.1 Å². The molecule has 0 aromatic carbocycles. The topological polar surface area (TPSA) is 101 Å². The standard InChI is InChI=1S/C8H17N3O3S/c9-3-4-10-8(12)11-7-1-5-15(13,14)6-2-7/h7H,1-6,9H2,(H2,10,11,12). The first-order chi connectivity index (χ1) is 7.03. The third-order valence-corrected chi connectivity index (χ3v) is 4.04. The van der Waals surface area contributed by atoms with Crippen LogP contribution in [0.2, 0.25) is 0 Å². The van der Waals surface area contributed by atoms with Crippen LogP contribution in [0.1, 0.15) is 12.8 Å². The van der Waals surface area contributed by atoms with Gasteiger partial charge in [0.2, 0.25) is 0 Å². The Morgan fingerprint density at radius 1 is 1.33 bits per heavy atom. The quantitative estimate of drug-likeness (QED) is 0.573. The zero-order valence-electron chi connectivity index (χ0n) is 8.53. The number of carbonyl (C=O) groups is 1. The molecule has 6 nitrogen and oxygen atoms in total. The summed E-state index contributed by atoms with van der Waals surface area (Å²) in [6.45, 7) is 0.823. The second-order valence-corrected chi connectivity index (χ2v) is 5.92. The van der Waals surface area contributed by atoms with Gasteiger partial charge in [0.25, 0.3) is 0 Å². The number of nitrogens with one attached hydrogen (secondary N) is 2. The van der Waals surface area contributed by atoms with E-state index in [1.807, 2.05) is 0 Å².